The van der Waals surface area contributed by atoms with E-state index < -0.39 is 5.79 Å². The van der Waals surface area contributed by atoms with Crippen molar-refractivity contribution in [2.75, 3.05) is 5.32 Å². The summed E-state index contributed by atoms with van der Waals surface area (Å²) in [6, 6.07) is 3.88. The summed E-state index contributed by atoms with van der Waals surface area (Å²) < 4.78 is 12.6. The fraction of sp³-hybridized carbons (Fsp3) is 0.375. The standard InChI is InChI=1S/C16H18BrN3O2/c1-10-15-13(9-21-16(2,3)22-15)11(6-18-10)7-19-14-5-4-12(17)8-20-14/h4-6,8H,7,9H2,1-3H3,(H,19,20). The number of anilines is 1. The fourth-order valence-corrected chi connectivity index (χ4v) is 2.54. The molecule has 0 aliphatic carbocycles. The van der Waals surface area contributed by atoms with E-state index in [1.165, 1.54) is 0 Å². The van der Waals surface area contributed by atoms with Crippen molar-refractivity contribution in [1.29, 1.82) is 0 Å². The van der Waals surface area contributed by atoms with E-state index >= 15 is 0 Å². The second-order valence-corrected chi connectivity index (χ2v) is 6.60. The third-order valence-corrected chi connectivity index (χ3v) is 3.97. The highest BCUT2D eigenvalue weighted by Gasteiger charge is 2.30. The summed E-state index contributed by atoms with van der Waals surface area (Å²) >= 11 is 3.38. The van der Waals surface area contributed by atoms with Crippen molar-refractivity contribution in [2.45, 2.75) is 39.7 Å². The molecule has 1 aliphatic rings. The van der Waals surface area contributed by atoms with Gasteiger partial charge < -0.3 is 14.8 Å². The first-order chi connectivity index (χ1) is 10.4. The quantitative estimate of drug-likeness (QED) is 0.898. The van der Waals surface area contributed by atoms with Crippen LogP contribution in [0.5, 0.6) is 5.75 Å². The predicted octanol–water partition coefficient (Wildman–Crippen LogP) is 3.80. The van der Waals surface area contributed by atoms with E-state index in [9.17, 15) is 0 Å². The van der Waals surface area contributed by atoms with Gasteiger partial charge in [-0.3, -0.25) is 4.98 Å². The molecule has 0 amide bonds. The highest BCUT2D eigenvalue weighted by molar-refractivity contribution is 9.10. The SMILES string of the molecule is Cc1ncc(CNc2ccc(Br)cn2)c2c1OC(C)(C)OC2. The molecule has 0 atom stereocenters. The number of nitrogens with zero attached hydrogens (tertiary/aromatic N) is 2. The lowest BCUT2D eigenvalue weighted by Gasteiger charge is -2.34. The van der Waals surface area contributed by atoms with Crippen LogP contribution < -0.4 is 10.1 Å². The third kappa shape index (κ3) is 3.23. The van der Waals surface area contributed by atoms with E-state index in [-0.39, 0.29) is 0 Å². The zero-order valence-electron chi connectivity index (χ0n) is 12.8. The summed E-state index contributed by atoms with van der Waals surface area (Å²) in [5.41, 5.74) is 2.99. The number of aromatic nitrogens is 2. The van der Waals surface area contributed by atoms with Crippen molar-refractivity contribution in [3.63, 3.8) is 0 Å². The van der Waals surface area contributed by atoms with Crippen LogP contribution in [0.25, 0.3) is 0 Å². The largest absolute Gasteiger partial charge is 0.461 e. The molecule has 2 aromatic rings. The first kappa shape index (κ1) is 15.2. The van der Waals surface area contributed by atoms with Crippen molar-refractivity contribution >= 4 is 21.7 Å². The van der Waals surface area contributed by atoms with Crippen LogP contribution in [0.1, 0.15) is 30.7 Å². The van der Waals surface area contributed by atoms with E-state index in [4.69, 9.17) is 9.47 Å². The summed E-state index contributed by atoms with van der Waals surface area (Å²) in [5.74, 6) is 1.04. The number of pyridine rings is 2. The molecule has 1 aliphatic heterocycles. The smallest absolute Gasteiger partial charge is 0.205 e. The van der Waals surface area contributed by atoms with Gasteiger partial charge in [0.05, 0.1) is 12.3 Å². The van der Waals surface area contributed by atoms with Gasteiger partial charge in [-0.1, -0.05) is 0 Å². The van der Waals surface area contributed by atoms with Gasteiger partial charge in [-0.2, -0.15) is 0 Å². The molecule has 6 heteroatoms. The molecule has 3 heterocycles. The molecule has 0 aromatic carbocycles. The Balaban J connectivity index is 1.82. The minimum atomic E-state index is -0.612. The number of fused-ring (bicyclic) bond motifs is 1. The van der Waals surface area contributed by atoms with Crippen molar-refractivity contribution < 1.29 is 9.47 Å². The summed E-state index contributed by atoms with van der Waals surface area (Å²) in [6.07, 6.45) is 3.63. The highest BCUT2D eigenvalue weighted by Crippen LogP contribution is 2.35. The van der Waals surface area contributed by atoms with Crippen LogP contribution in [0.15, 0.2) is 29.0 Å². The maximum absolute atomic E-state index is 5.92. The Labute approximate surface area is 138 Å². The Morgan fingerprint density at radius 3 is 2.82 bits per heavy atom. The molecule has 0 spiro atoms. The molecular weight excluding hydrogens is 346 g/mol. The van der Waals surface area contributed by atoms with Gasteiger partial charge in [-0.05, 0) is 40.5 Å². The van der Waals surface area contributed by atoms with Gasteiger partial charge in [0.1, 0.15) is 11.6 Å². The molecule has 22 heavy (non-hydrogen) atoms. The first-order valence-corrected chi connectivity index (χ1v) is 7.90. The van der Waals surface area contributed by atoms with Crippen LogP contribution in [0, 0.1) is 6.92 Å². The van der Waals surface area contributed by atoms with Crippen LogP contribution in [0.4, 0.5) is 5.82 Å². The van der Waals surface area contributed by atoms with Crippen molar-refractivity contribution in [1.82, 2.24) is 9.97 Å². The number of halogens is 1. The zero-order valence-corrected chi connectivity index (χ0v) is 14.4. The minimum Gasteiger partial charge on any atom is -0.461 e. The Bertz CT molecular complexity index is 687. The molecular formula is C16H18BrN3O2. The maximum atomic E-state index is 5.92. The van der Waals surface area contributed by atoms with Gasteiger partial charge in [0.2, 0.25) is 5.79 Å². The molecule has 2 aromatic heterocycles. The van der Waals surface area contributed by atoms with E-state index in [0.717, 1.165) is 32.9 Å². The molecule has 5 nitrogen and oxygen atoms in total. The number of rotatable bonds is 3. The van der Waals surface area contributed by atoms with E-state index in [1.807, 2.05) is 39.1 Å². The van der Waals surface area contributed by atoms with Crippen LogP contribution in [0.2, 0.25) is 0 Å². The molecule has 3 rings (SSSR count). The monoisotopic (exact) mass is 363 g/mol. The third-order valence-electron chi connectivity index (χ3n) is 3.50. The summed E-state index contributed by atoms with van der Waals surface area (Å²) in [7, 11) is 0. The van der Waals surface area contributed by atoms with Crippen molar-refractivity contribution in [2.24, 2.45) is 0 Å². The van der Waals surface area contributed by atoms with E-state index in [2.05, 4.69) is 31.2 Å². The number of nitrogens with one attached hydrogen (secondary N) is 1. The second-order valence-electron chi connectivity index (χ2n) is 5.68. The molecule has 0 bridgehead atoms. The fourth-order valence-electron chi connectivity index (χ4n) is 2.31. The molecule has 116 valence electrons. The topological polar surface area (TPSA) is 56.3 Å². The Morgan fingerprint density at radius 1 is 1.27 bits per heavy atom. The van der Waals surface area contributed by atoms with Crippen LogP contribution in [0.3, 0.4) is 0 Å². The number of hydrogen-bond acceptors (Lipinski definition) is 5. The van der Waals surface area contributed by atoms with Gasteiger partial charge in [0.25, 0.3) is 0 Å². The Morgan fingerprint density at radius 2 is 2.09 bits per heavy atom. The molecule has 0 radical (unpaired) electrons. The summed E-state index contributed by atoms with van der Waals surface area (Å²) in [5, 5.41) is 3.30. The van der Waals surface area contributed by atoms with E-state index in [0.29, 0.717) is 13.2 Å². The second kappa shape index (κ2) is 5.85. The lowest BCUT2D eigenvalue weighted by atomic mass is 10.1. The van der Waals surface area contributed by atoms with Gasteiger partial charge in [-0.15, -0.1) is 0 Å². The van der Waals surface area contributed by atoms with Crippen molar-refractivity contribution in [3.05, 3.63) is 45.8 Å². The highest BCUT2D eigenvalue weighted by atomic mass is 79.9. The molecule has 0 saturated heterocycles. The van der Waals surface area contributed by atoms with Gasteiger partial charge in [-0.25, -0.2) is 4.98 Å². The van der Waals surface area contributed by atoms with Crippen LogP contribution in [-0.4, -0.2) is 15.8 Å². The average Bonchev–Trinajstić information content (AvgIpc) is 2.48. The van der Waals surface area contributed by atoms with Gasteiger partial charge >= 0.3 is 0 Å². The van der Waals surface area contributed by atoms with Gasteiger partial charge in [0.15, 0.2) is 0 Å². The molecule has 0 saturated carbocycles. The number of ether oxygens (including phenoxy) is 2. The van der Waals surface area contributed by atoms with Crippen LogP contribution >= 0.6 is 15.9 Å². The summed E-state index contributed by atoms with van der Waals surface area (Å²) in [6.45, 7) is 6.92. The molecule has 1 N–H and O–H groups in total. The van der Waals surface area contributed by atoms with Crippen LogP contribution in [-0.2, 0) is 17.9 Å². The van der Waals surface area contributed by atoms with E-state index in [1.54, 1.807) is 6.20 Å². The minimum absolute atomic E-state index is 0.524. The number of hydrogen-bond donors (Lipinski definition) is 1. The Hall–Kier alpha value is -1.66. The lowest BCUT2D eigenvalue weighted by Crippen LogP contribution is -2.36. The molecule has 0 fully saturated rings. The first-order valence-electron chi connectivity index (χ1n) is 7.10. The number of aryl methyl sites for hydroxylation is 1. The predicted molar refractivity (Wildman–Crippen MR) is 87.7 cm³/mol. The summed E-state index contributed by atoms with van der Waals surface area (Å²) in [4.78, 5) is 8.74. The Kier molecular flexibility index (Phi) is 4.06. The normalized spacial score (nSPS) is 15.8. The van der Waals surface area contributed by atoms with Gasteiger partial charge in [0, 0.05) is 42.8 Å². The lowest BCUT2D eigenvalue weighted by molar-refractivity contribution is -0.180. The average molecular weight is 364 g/mol. The maximum Gasteiger partial charge on any atom is 0.205 e. The molecule has 0 unspecified atom stereocenters. The van der Waals surface area contributed by atoms with Crippen molar-refractivity contribution in [3.8, 4) is 5.75 Å². The zero-order chi connectivity index (χ0) is 15.7.